The molecule has 1 saturated heterocycles. The number of halogens is 1. The fraction of sp³-hybridized carbons (Fsp3) is 0.381. The first-order chi connectivity index (χ1) is 13.5. The molecule has 150 valence electrons. The van der Waals surface area contributed by atoms with Crippen molar-refractivity contribution in [3.05, 3.63) is 59.9 Å². The van der Waals surface area contributed by atoms with Gasteiger partial charge in [0.25, 0.3) is 0 Å². The number of carbonyl (C=O) groups is 1. The van der Waals surface area contributed by atoms with Crippen LogP contribution in [0.25, 0.3) is 0 Å². The molecular weight excluding hydrogens is 363 g/mol. The number of benzene rings is 2. The lowest BCUT2D eigenvalue weighted by atomic mass is 10.1. The third-order valence-corrected chi connectivity index (χ3v) is 4.48. The van der Waals surface area contributed by atoms with Gasteiger partial charge in [0.15, 0.2) is 0 Å². The van der Waals surface area contributed by atoms with E-state index < -0.39 is 6.10 Å². The van der Waals surface area contributed by atoms with Crippen molar-refractivity contribution >= 4 is 11.6 Å². The Labute approximate surface area is 163 Å². The molecule has 28 heavy (non-hydrogen) atoms. The lowest BCUT2D eigenvalue weighted by Gasteiger charge is -2.34. The second-order valence-corrected chi connectivity index (χ2v) is 6.84. The molecule has 0 saturated carbocycles. The molecule has 0 aromatic heterocycles. The summed E-state index contributed by atoms with van der Waals surface area (Å²) in [6.07, 6.45) is -0.786. The topological polar surface area (TPSA) is 71.0 Å². The van der Waals surface area contributed by atoms with E-state index in [4.69, 9.17) is 9.47 Å². The number of anilines is 1. The highest BCUT2D eigenvalue weighted by Crippen LogP contribution is 2.22. The Bertz CT molecular complexity index is 767. The fourth-order valence-corrected chi connectivity index (χ4v) is 3.13. The van der Waals surface area contributed by atoms with E-state index >= 15 is 0 Å². The average Bonchev–Trinajstić information content (AvgIpc) is 2.68. The molecule has 0 bridgehead atoms. The van der Waals surface area contributed by atoms with Gasteiger partial charge in [0, 0.05) is 32.2 Å². The summed E-state index contributed by atoms with van der Waals surface area (Å²) in [4.78, 5) is 13.1. The molecule has 7 heteroatoms. The number of hydrogen-bond acceptors (Lipinski definition) is 5. The number of ether oxygens (including phenoxy) is 2. The molecule has 1 aliphatic rings. The number of rotatable bonds is 7. The minimum atomic E-state index is -0.651. The fourth-order valence-electron chi connectivity index (χ4n) is 3.13. The van der Waals surface area contributed by atoms with E-state index in [2.05, 4.69) is 10.2 Å². The lowest BCUT2D eigenvalue weighted by molar-refractivity contribution is -0.114. The zero-order chi connectivity index (χ0) is 19.9. The van der Waals surface area contributed by atoms with Gasteiger partial charge in [-0.25, -0.2) is 4.39 Å². The maximum Gasteiger partial charge on any atom is 0.221 e. The summed E-state index contributed by atoms with van der Waals surface area (Å²) in [7, 11) is 0. The number of nitrogens with one attached hydrogen (secondary N) is 1. The molecule has 0 radical (unpaired) electrons. The lowest BCUT2D eigenvalue weighted by Crippen LogP contribution is -2.43. The number of hydrogen-bond donors (Lipinski definition) is 2. The molecule has 1 fully saturated rings. The van der Waals surface area contributed by atoms with Crippen molar-refractivity contribution in [3.8, 4) is 5.75 Å². The number of carbonyl (C=O) groups excluding carboxylic acids is 1. The molecule has 2 aromatic carbocycles. The third-order valence-electron chi connectivity index (χ3n) is 4.48. The van der Waals surface area contributed by atoms with Crippen LogP contribution in [0.15, 0.2) is 48.5 Å². The van der Waals surface area contributed by atoms with Crippen LogP contribution in [-0.2, 0) is 9.53 Å². The summed E-state index contributed by atoms with van der Waals surface area (Å²) in [6.45, 7) is 3.99. The maximum atomic E-state index is 13.1. The molecule has 0 aliphatic carbocycles. The van der Waals surface area contributed by atoms with Gasteiger partial charge in [-0.05, 0) is 42.0 Å². The van der Waals surface area contributed by atoms with Gasteiger partial charge < -0.3 is 19.9 Å². The Morgan fingerprint density at radius 1 is 1.29 bits per heavy atom. The van der Waals surface area contributed by atoms with Crippen LogP contribution in [0.5, 0.6) is 5.75 Å². The molecule has 2 N–H and O–H groups in total. The Hall–Kier alpha value is -2.48. The number of β-amino-alcohol motifs (C(OH)–C–C–N with tert-alkyl or cyclic N) is 1. The second-order valence-electron chi connectivity index (χ2n) is 6.84. The van der Waals surface area contributed by atoms with Gasteiger partial charge in [-0.2, -0.15) is 0 Å². The van der Waals surface area contributed by atoms with Crippen LogP contribution in [0.2, 0.25) is 0 Å². The predicted molar refractivity (Wildman–Crippen MR) is 104 cm³/mol. The summed E-state index contributed by atoms with van der Waals surface area (Å²) < 4.78 is 24.5. The van der Waals surface area contributed by atoms with Crippen molar-refractivity contribution in [1.82, 2.24) is 4.90 Å². The van der Waals surface area contributed by atoms with Crippen molar-refractivity contribution in [2.75, 3.05) is 38.2 Å². The normalized spacial score (nSPS) is 18.5. The van der Waals surface area contributed by atoms with E-state index in [0.717, 1.165) is 12.1 Å². The van der Waals surface area contributed by atoms with Crippen molar-refractivity contribution < 1.29 is 23.8 Å². The maximum absolute atomic E-state index is 13.1. The van der Waals surface area contributed by atoms with Gasteiger partial charge in [0.05, 0.1) is 12.7 Å². The van der Waals surface area contributed by atoms with E-state index in [-0.39, 0.29) is 24.4 Å². The Balaban J connectivity index is 1.45. The van der Waals surface area contributed by atoms with Gasteiger partial charge in [0.2, 0.25) is 5.91 Å². The molecule has 1 amide bonds. The minimum absolute atomic E-state index is 0.131. The highest BCUT2D eigenvalue weighted by atomic mass is 19.1. The summed E-state index contributed by atoms with van der Waals surface area (Å²) in [5.41, 5.74) is 1.62. The van der Waals surface area contributed by atoms with Crippen molar-refractivity contribution in [2.24, 2.45) is 0 Å². The van der Waals surface area contributed by atoms with Gasteiger partial charge in [0.1, 0.15) is 24.3 Å². The zero-order valence-electron chi connectivity index (χ0n) is 15.8. The minimum Gasteiger partial charge on any atom is -0.491 e. The first-order valence-corrected chi connectivity index (χ1v) is 9.27. The number of amides is 1. The monoisotopic (exact) mass is 388 g/mol. The molecule has 2 atom stereocenters. The number of nitrogens with zero attached hydrogens (tertiary/aromatic N) is 1. The number of aliphatic hydroxyl groups is 1. The van der Waals surface area contributed by atoms with E-state index in [1.54, 1.807) is 36.4 Å². The first kappa shape index (κ1) is 20.3. The molecule has 2 aromatic rings. The molecule has 0 unspecified atom stereocenters. The number of morpholine rings is 1. The Morgan fingerprint density at radius 2 is 2.00 bits per heavy atom. The first-order valence-electron chi connectivity index (χ1n) is 9.27. The predicted octanol–water partition coefficient (Wildman–Crippen LogP) is 2.60. The SMILES string of the molecule is CC(=O)Nc1ccc(OC[C@@H](O)CN2CCO[C@H](c3ccc(F)cc3)C2)cc1. The van der Waals surface area contributed by atoms with E-state index in [1.165, 1.54) is 19.1 Å². The second kappa shape index (κ2) is 9.64. The van der Waals surface area contributed by atoms with E-state index in [0.29, 0.717) is 31.1 Å². The van der Waals surface area contributed by atoms with Crippen LogP contribution >= 0.6 is 0 Å². The van der Waals surface area contributed by atoms with E-state index in [9.17, 15) is 14.3 Å². The molecule has 0 spiro atoms. The van der Waals surface area contributed by atoms with Crippen LogP contribution in [0.1, 0.15) is 18.6 Å². The van der Waals surface area contributed by atoms with Crippen LogP contribution < -0.4 is 10.1 Å². The third kappa shape index (κ3) is 6.02. The molecule has 3 rings (SSSR count). The Morgan fingerprint density at radius 3 is 2.68 bits per heavy atom. The van der Waals surface area contributed by atoms with Crippen LogP contribution in [0.3, 0.4) is 0 Å². The molecular formula is C21H25FN2O4. The average molecular weight is 388 g/mol. The molecule has 1 aliphatic heterocycles. The van der Waals surface area contributed by atoms with Gasteiger partial charge in [-0.3, -0.25) is 9.69 Å². The standard InChI is InChI=1S/C21H25FN2O4/c1-15(25)23-18-6-8-20(9-7-18)28-14-19(26)12-24-10-11-27-21(13-24)16-2-4-17(22)5-3-16/h2-9,19,21,26H,10-14H2,1H3,(H,23,25)/t19-,21-/m0/s1. The van der Waals surface area contributed by atoms with Crippen molar-refractivity contribution in [2.45, 2.75) is 19.1 Å². The summed E-state index contributed by atoms with van der Waals surface area (Å²) in [5, 5.41) is 13.0. The van der Waals surface area contributed by atoms with Gasteiger partial charge in [-0.15, -0.1) is 0 Å². The van der Waals surface area contributed by atoms with E-state index in [1.807, 2.05) is 0 Å². The molecule has 6 nitrogen and oxygen atoms in total. The summed E-state index contributed by atoms with van der Waals surface area (Å²) in [6, 6.07) is 13.3. The highest BCUT2D eigenvalue weighted by molar-refractivity contribution is 5.88. The summed E-state index contributed by atoms with van der Waals surface area (Å²) in [5.74, 6) is 0.224. The quantitative estimate of drug-likeness (QED) is 0.763. The van der Waals surface area contributed by atoms with Crippen LogP contribution in [0, 0.1) is 5.82 Å². The van der Waals surface area contributed by atoms with Gasteiger partial charge >= 0.3 is 0 Å². The van der Waals surface area contributed by atoms with Crippen molar-refractivity contribution in [1.29, 1.82) is 0 Å². The smallest absolute Gasteiger partial charge is 0.221 e. The zero-order valence-corrected chi connectivity index (χ0v) is 15.8. The number of aliphatic hydroxyl groups excluding tert-OH is 1. The molecule has 1 heterocycles. The van der Waals surface area contributed by atoms with Crippen LogP contribution in [0.4, 0.5) is 10.1 Å². The highest BCUT2D eigenvalue weighted by Gasteiger charge is 2.23. The van der Waals surface area contributed by atoms with Crippen LogP contribution in [-0.4, -0.2) is 54.9 Å². The summed E-state index contributed by atoms with van der Waals surface area (Å²) >= 11 is 0. The van der Waals surface area contributed by atoms with Gasteiger partial charge in [-0.1, -0.05) is 12.1 Å². The van der Waals surface area contributed by atoms with Crippen molar-refractivity contribution in [3.63, 3.8) is 0 Å². The Kier molecular flexibility index (Phi) is 6.97. The largest absolute Gasteiger partial charge is 0.491 e.